The largest absolute Gasteiger partial charge is 0.252 e. The van der Waals surface area contributed by atoms with Gasteiger partial charge in [-0.05, 0) is 55.3 Å². The van der Waals surface area contributed by atoms with E-state index in [1.807, 2.05) is 48.7 Å². The van der Waals surface area contributed by atoms with E-state index in [4.69, 9.17) is 10.1 Å². The second-order valence-corrected chi connectivity index (χ2v) is 8.46. The monoisotopic (exact) mass is 434 g/mol. The zero-order valence-corrected chi connectivity index (χ0v) is 18.5. The highest BCUT2D eigenvalue weighted by atomic mass is 19.1. The highest BCUT2D eigenvalue weighted by Gasteiger charge is 2.28. The van der Waals surface area contributed by atoms with Gasteiger partial charge in [0.2, 0.25) is 5.95 Å². The molecule has 0 radical (unpaired) electrons. The van der Waals surface area contributed by atoms with Crippen molar-refractivity contribution in [3.05, 3.63) is 121 Å². The first-order chi connectivity index (χ1) is 16.0. The van der Waals surface area contributed by atoms with Crippen LogP contribution in [0.4, 0.5) is 4.39 Å². The van der Waals surface area contributed by atoms with Crippen LogP contribution >= 0.6 is 0 Å². The van der Waals surface area contributed by atoms with Crippen molar-refractivity contribution >= 4 is 0 Å². The van der Waals surface area contributed by atoms with E-state index in [2.05, 4.69) is 55.2 Å². The van der Waals surface area contributed by atoms with Gasteiger partial charge in [-0.15, -0.1) is 0 Å². The number of pyridine rings is 2. The van der Waals surface area contributed by atoms with Crippen LogP contribution in [0.1, 0.15) is 25.2 Å². The smallest absolute Gasteiger partial charge is 0.214 e. The Kier molecular flexibility index (Phi) is 5.31. The van der Waals surface area contributed by atoms with Crippen LogP contribution in [-0.4, -0.2) is 19.7 Å². The molecule has 0 N–H and O–H groups in total. The molecule has 0 atom stereocenters. The zero-order chi connectivity index (χ0) is 22.8. The summed E-state index contributed by atoms with van der Waals surface area (Å²) >= 11 is 0. The van der Waals surface area contributed by atoms with Crippen molar-refractivity contribution in [2.75, 3.05) is 0 Å². The van der Waals surface area contributed by atoms with Crippen LogP contribution < -0.4 is 0 Å². The minimum atomic E-state index is -0.532. The molecule has 0 aliphatic rings. The maximum Gasteiger partial charge on any atom is 0.214 e. The third-order valence-electron chi connectivity index (χ3n) is 5.86. The fraction of sp³-hybridized carbons (Fsp3) is 0.107. The van der Waals surface area contributed by atoms with Gasteiger partial charge in [-0.25, -0.2) is 9.67 Å². The Labute approximate surface area is 192 Å². The molecule has 0 amide bonds. The highest BCUT2D eigenvalue weighted by molar-refractivity contribution is 5.71. The number of halogens is 1. The van der Waals surface area contributed by atoms with Crippen molar-refractivity contribution < 1.29 is 4.39 Å². The summed E-state index contributed by atoms with van der Waals surface area (Å²) in [7, 11) is 0. The summed E-state index contributed by atoms with van der Waals surface area (Å²) in [6, 6.07) is 29.9. The normalized spacial score (nSPS) is 11.5. The Morgan fingerprint density at radius 2 is 1.48 bits per heavy atom. The Morgan fingerprint density at radius 1 is 0.727 bits per heavy atom. The number of rotatable bonds is 5. The van der Waals surface area contributed by atoms with E-state index in [-0.39, 0.29) is 0 Å². The number of hydrogen-bond donors (Lipinski definition) is 0. The summed E-state index contributed by atoms with van der Waals surface area (Å²) in [5.41, 5.74) is 6.25. The van der Waals surface area contributed by atoms with Crippen molar-refractivity contribution in [2.24, 2.45) is 0 Å². The lowest BCUT2D eigenvalue weighted by molar-refractivity contribution is 0.576. The van der Waals surface area contributed by atoms with E-state index in [1.165, 1.54) is 17.8 Å². The van der Waals surface area contributed by atoms with Crippen molar-refractivity contribution in [3.63, 3.8) is 0 Å². The summed E-state index contributed by atoms with van der Waals surface area (Å²) in [6.07, 6.45) is 3.27. The first-order valence-corrected chi connectivity index (χ1v) is 10.8. The number of benzene rings is 2. The van der Waals surface area contributed by atoms with Gasteiger partial charge in [-0.2, -0.15) is 9.49 Å². The second kappa shape index (κ2) is 8.43. The minimum absolute atomic E-state index is 0.441. The van der Waals surface area contributed by atoms with Crippen LogP contribution in [0.5, 0.6) is 0 Å². The Balaban J connectivity index is 1.48. The summed E-state index contributed by atoms with van der Waals surface area (Å²) in [5.74, 6) is -0.532. The first kappa shape index (κ1) is 20.8. The van der Waals surface area contributed by atoms with Gasteiger partial charge in [-0.3, -0.25) is 4.98 Å². The Hall–Kier alpha value is -4.12. The van der Waals surface area contributed by atoms with Crippen molar-refractivity contribution in [3.8, 4) is 28.1 Å². The van der Waals surface area contributed by atoms with Crippen LogP contribution in [0.2, 0.25) is 0 Å². The van der Waals surface area contributed by atoms with E-state index in [9.17, 15) is 4.39 Å². The number of aromatic nitrogens is 4. The molecule has 0 spiro atoms. The zero-order valence-electron chi connectivity index (χ0n) is 18.5. The molecular weight excluding hydrogens is 411 g/mol. The predicted octanol–water partition coefficient (Wildman–Crippen LogP) is 6.46. The third-order valence-corrected chi connectivity index (χ3v) is 5.86. The third kappa shape index (κ3) is 4.17. The summed E-state index contributed by atoms with van der Waals surface area (Å²) in [5, 5.41) is 4.71. The molecule has 0 aliphatic heterocycles. The van der Waals surface area contributed by atoms with Crippen molar-refractivity contribution in [1.82, 2.24) is 19.7 Å². The van der Waals surface area contributed by atoms with Gasteiger partial charge >= 0.3 is 0 Å². The van der Waals surface area contributed by atoms with Crippen LogP contribution in [0, 0.1) is 5.95 Å². The summed E-state index contributed by atoms with van der Waals surface area (Å²) in [4.78, 5) is 8.62. The van der Waals surface area contributed by atoms with Gasteiger partial charge in [0.05, 0.1) is 28.2 Å². The average Bonchev–Trinajstić information content (AvgIpc) is 3.36. The van der Waals surface area contributed by atoms with Gasteiger partial charge in [0, 0.05) is 24.0 Å². The molecule has 0 saturated carbocycles. The maximum atomic E-state index is 13.5. The molecule has 0 unspecified atom stereocenters. The first-order valence-electron chi connectivity index (χ1n) is 10.8. The molecule has 5 aromatic rings. The molecule has 0 bridgehead atoms. The average molecular weight is 435 g/mol. The predicted molar refractivity (Wildman–Crippen MR) is 129 cm³/mol. The van der Waals surface area contributed by atoms with Crippen molar-refractivity contribution in [2.45, 2.75) is 19.3 Å². The Bertz CT molecular complexity index is 1410. The molecule has 33 heavy (non-hydrogen) atoms. The quantitative estimate of drug-likeness (QED) is 0.298. The number of nitrogens with zero attached hydrogens (tertiary/aromatic N) is 4. The lowest BCUT2D eigenvalue weighted by Crippen LogP contribution is -2.22. The molecule has 4 nitrogen and oxygen atoms in total. The molecular formula is C28H23FN4. The molecule has 0 saturated heterocycles. The number of hydrogen-bond acceptors (Lipinski definition) is 3. The molecule has 5 heteroatoms. The molecule has 0 fully saturated rings. The summed E-state index contributed by atoms with van der Waals surface area (Å²) in [6.45, 7) is 4.19. The van der Waals surface area contributed by atoms with Gasteiger partial charge in [-0.1, -0.05) is 54.6 Å². The second-order valence-electron chi connectivity index (χ2n) is 8.46. The maximum absolute atomic E-state index is 13.5. The molecule has 3 aromatic heterocycles. The molecule has 3 heterocycles. The van der Waals surface area contributed by atoms with Crippen LogP contribution in [0.3, 0.4) is 0 Å². The van der Waals surface area contributed by atoms with E-state index >= 15 is 0 Å². The SMILES string of the molecule is CC(C)(c1cccc(-c2cccc(-c3ccccc3)c2)n1)c1ccn(-c2ccnc(F)c2)n1. The van der Waals surface area contributed by atoms with E-state index in [1.54, 1.807) is 10.7 Å². The lowest BCUT2D eigenvalue weighted by atomic mass is 9.85. The van der Waals surface area contributed by atoms with Gasteiger partial charge < -0.3 is 0 Å². The van der Waals surface area contributed by atoms with E-state index in [0.29, 0.717) is 5.69 Å². The fourth-order valence-electron chi connectivity index (χ4n) is 3.90. The lowest BCUT2D eigenvalue weighted by Gasteiger charge is -2.22. The van der Waals surface area contributed by atoms with Gasteiger partial charge in [0.25, 0.3) is 0 Å². The fourth-order valence-corrected chi connectivity index (χ4v) is 3.90. The standard InChI is InChI=1S/C28H23FN4/c1-28(2,26-15-17-33(32-26)23-14-16-30-27(29)19-23)25-13-7-12-24(31-25)22-11-6-10-21(18-22)20-8-4-3-5-9-20/h3-19H,1-2H3. The molecule has 0 aliphatic carbocycles. The Morgan fingerprint density at radius 3 is 2.30 bits per heavy atom. The van der Waals surface area contributed by atoms with Gasteiger partial charge in [0.1, 0.15) is 0 Å². The topological polar surface area (TPSA) is 43.6 Å². The molecule has 162 valence electrons. The van der Waals surface area contributed by atoms with Gasteiger partial charge in [0.15, 0.2) is 0 Å². The van der Waals surface area contributed by atoms with Crippen LogP contribution in [0.15, 0.2) is 103 Å². The minimum Gasteiger partial charge on any atom is -0.252 e. The highest BCUT2D eigenvalue weighted by Crippen LogP contribution is 2.32. The van der Waals surface area contributed by atoms with E-state index in [0.717, 1.165) is 28.2 Å². The van der Waals surface area contributed by atoms with Crippen LogP contribution in [-0.2, 0) is 5.41 Å². The molecule has 2 aromatic carbocycles. The van der Waals surface area contributed by atoms with E-state index < -0.39 is 11.4 Å². The summed E-state index contributed by atoms with van der Waals surface area (Å²) < 4.78 is 15.2. The van der Waals surface area contributed by atoms with Crippen molar-refractivity contribution in [1.29, 1.82) is 0 Å². The van der Waals surface area contributed by atoms with Crippen LogP contribution in [0.25, 0.3) is 28.1 Å². The molecule has 5 rings (SSSR count).